The van der Waals surface area contributed by atoms with Gasteiger partial charge in [0.1, 0.15) is 0 Å². The average Bonchev–Trinajstić information content (AvgIpc) is 3.25. The summed E-state index contributed by atoms with van der Waals surface area (Å²) in [6, 6.07) is 12.6. The molecule has 1 aromatic carbocycles. The van der Waals surface area contributed by atoms with Crippen molar-refractivity contribution in [1.82, 2.24) is 9.88 Å². The molecule has 4 rings (SSSR count). The molecule has 0 N–H and O–H groups in total. The van der Waals surface area contributed by atoms with Gasteiger partial charge >= 0.3 is 0 Å². The first-order valence-corrected chi connectivity index (χ1v) is 12.0. The molecule has 2 aromatic heterocycles. The van der Waals surface area contributed by atoms with Crippen molar-refractivity contribution < 1.29 is 4.79 Å². The molecule has 5 heteroatoms. The number of piperidine rings is 1. The van der Waals surface area contributed by atoms with Crippen LogP contribution in [0.25, 0.3) is 21.6 Å². The highest BCUT2D eigenvalue weighted by Gasteiger charge is 2.20. The van der Waals surface area contributed by atoms with E-state index >= 15 is 0 Å². The number of hydrogen-bond donors (Lipinski definition) is 0. The zero-order valence-corrected chi connectivity index (χ0v) is 19.1. The van der Waals surface area contributed by atoms with Crippen LogP contribution in [0.2, 0.25) is 0 Å². The van der Waals surface area contributed by atoms with Gasteiger partial charge in [0.2, 0.25) is 0 Å². The Kier molecular flexibility index (Phi) is 6.46. The van der Waals surface area contributed by atoms with Crippen molar-refractivity contribution in [2.24, 2.45) is 0 Å². The molecule has 0 aliphatic carbocycles. The number of amides is 1. The number of carbonyl (C=O) groups is 1. The summed E-state index contributed by atoms with van der Waals surface area (Å²) < 4.78 is 0.868. The Morgan fingerprint density at radius 3 is 2.66 bits per heavy atom. The number of halogens is 1. The largest absolute Gasteiger partial charge is 0.339 e. The molecule has 3 nitrogen and oxygen atoms in total. The first kappa shape index (κ1) is 20.3. The fraction of sp³-hybridized carbons (Fsp3) is 0.333. The van der Waals surface area contributed by atoms with Crippen LogP contribution < -0.4 is 0 Å². The zero-order valence-electron chi connectivity index (χ0n) is 16.7. The molecule has 0 radical (unpaired) electrons. The second kappa shape index (κ2) is 9.23. The van der Waals surface area contributed by atoms with Gasteiger partial charge in [-0.25, -0.2) is 0 Å². The first-order chi connectivity index (χ1) is 14.2. The van der Waals surface area contributed by atoms with Gasteiger partial charge in [0.25, 0.3) is 5.91 Å². The Morgan fingerprint density at radius 1 is 1.07 bits per heavy atom. The van der Waals surface area contributed by atoms with Crippen LogP contribution in [0.15, 0.2) is 52.4 Å². The van der Waals surface area contributed by atoms with Crippen molar-refractivity contribution in [3.63, 3.8) is 0 Å². The van der Waals surface area contributed by atoms with Gasteiger partial charge in [-0.15, -0.1) is 11.3 Å². The minimum absolute atomic E-state index is 0.134. The zero-order chi connectivity index (χ0) is 20.2. The molecular formula is C24H25BrN2OS. The molecule has 0 unspecified atom stereocenters. The highest BCUT2D eigenvalue weighted by molar-refractivity contribution is 9.10. The van der Waals surface area contributed by atoms with Crippen LogP contribution in [0.4, 0.5) is 0 Å². The van der Waals surface area contributed by atoms with Crippen LogP contribution in [0.5, 0.6) is 0 Å². The standard InChI is InChI=1S/C24H25BrN2OS/c1-2-6-20-13-18(9-10-26-20)23-15-19(16-29-23)17-7-8-21(22(25)14-17)24(28)27-11-4-3-5-12-27/h7-10,13-16H,2-6,11-12H2,1H3. The number of rotatable bonds is 5. The van der Waals surface area contributed by atoms with E-state index in [2.05, 4.69) is 63.5 Å². The van der Waals surface area contributed by atoms with E-state index in [1.54, 1.807) is 11.3 Å². The van der Waals surface area contributed by atoms with Gasteiger partial charge in [0, 0.05) is 34.3 Å². The van der Waals surface area contributed by atoms with E-state index in [1.807, 2.05) is 17.2 Å². The molecule has 0 bridgehead atoms. The fourth-order valence-electron chi connectivity index (χ4n) is 3.80. The summed E-state index contributed by atoms with van der Waals surface area (Å²) in [6.07, 6.45) is 7.44. The van der Waals surface area contributed by atoms with Gasteiger partial charge in [0.15, 0.2) is 0 Å². The second-order valence-electron chi connectivity index (χ2n) is 7.53. The number of nitrogens with zero attached hydrogens (tertiary/aromatic N) is 2. The van der Waals surface area contributed by atoms with Crippen LogP contribution in [0.3, 0.4) is 0 Å². The molecule has 0 saturated carbocycles. The molecular weight excluding hydrogens is 444 g/mol. The molecule has 150 valence electrons. The van der Waals surface area contributed by atoms with Gasteiger partial charge in [-0.3, -0.25) is 9.78 Å². The summed E-state index contributed by atoms with van der Waals surface area (Å²) in [5.74, 6) is 0.134. The number of benzene rings is 1. The molecule has 0 atom stereocenters. The average molecular weight is 469 g/mol. The lowest BCUT2D eigenvalue weighted by molar-refractivity contribution is 0.0723. The van der Waals surface area contributed by atoms with E-state index in [-0.39, 0.29) is 5.91 Å². The van der Waals surface area contributed by atoms with E-state index in [4.69, 9.17) is 0 Å². The molecule has 1 amide bonds. The van der Waals surface area contributed by atoms with Crippen LogP contribution in [0.1, 0.15) is 48.7 Å². The van der Waals surface area contributed by atoms with Crippen LogP contribution in [-0.4, -0.2) is 28.9 Å². The lowest BCUT2D eigenvalue weighted by Gasteiger charge is -2.27. The van der Waals surface area contributed by atoms with E-state index in [1.165, 1.54) is 22.4 Å². The minimum Gasteiger partial charge on any atom is -0.339 e. The molecule has 1 aliphatic rings. The Morgan fingerprint density at radius 2 is 1.90 bits per heavy atom. The number of carbonyl (C=O) groups excluding carboxylic acids is 1. The van der Waals surface area contributed by atoms with Crippen molar-refractivity contribution in [2.45, 2.75) is 39.0 Å². The number of aryl methyl sites for hydroxylation is 1. The van der Waals surface area contributed by atoms with Crippen LogP contribution in [0, 0.1) is 0 Å². The SMILES string of the molecule is CCCc1cc(-c2cc(-c3ccc(C(=O)N4CCCCC4)c(Br)c3)cs2)ccn1. The summed E-state index contributed by atoms with van der Waals surface area (Å²) >= 11 is 5.38. The molecule has 0 spiro atoms. The maximum atomic E-state index is 12.8. The molecule has 1 saturated heterocycles. The summed E-state index contributed by atoms with van der Waals surface area (Å²) in [7, 11) is 0. The van der Waals surface area contributed by atoms with E-state index in [0.29, 0.717) is 0 Å². The van der Waals surface area contributed by atoms with Crippen molar-refractivity contribution in [2.75, 3.05) is 13.1 Å². The highest BCUT2D eigenvalue weighted by Crippen LogP contribution is 2.34. The van der Waals surface area contributed by atoms with Gasteiger partial charge in [-0.05, 0) is 94.0 Å². The Balaban J connectivity index is 1.56. The maximum absolute atomic E-state index is 12.8. The van der Waals surface area contributed by atoms with Gasteiger partial charge in [0.05, 0.1) is 5.56 Å². The van der Waals surface area contributed by atoms with Gasteiger partial charge < -0.3 is 4.90 Å². The maximum Gasteiger partial charge on any atom is 0.254 e. The third-order valence-electron chi connectivity index (χ3n) is 5.38. The summed E-state index contributed by atoms with van der Waals surface area (Å²) in [4.78, 5) is 20.5. The lowest BCUT2D eigenvalue weighted by Crippen LogP contribution is -2.35. The molecule has 3 heterocycles. The molecule has 3 aromatic rings. The van der Waals surface area contributed by atoms with Crippen molar-refractivity contribution in [3.8, 4) is 21.6 Å². The number of aromatic nitrogens is 1. The van der Waals surface area contributed by atoms with Crippen molar-refractivity contribution in [1.29, 1.82) is 0 Å². The second-order valence-corrected chi connectivity index (χ2v) is 9.30. The van der Waals surface area contributed by atoms with Crippen molar-refractivity contribution in [3.05, 3.63) is 63.7 Å². The van der Waals surface area contributed by atoms with E-state index in [9.17, 15) is 4.79 Å². The predicted molar refractivity (Wildman–Crippen MR) is 124 cm³/mol. The fourth-order valence-corrected chi connectivity index (χ4v) is 5.26. The monoisotopic (exact) mass is 468 g/mol. The van der Waals surface area contributed by atoms with E-state index < -0.39 is 0 Å². The quantitative estimate of drug-likeness (QED) is 0.411. The third-order valence-corrected chi connectivity index (χ3v) is 7.02. The van der Waals surface area contributed by atoms with Crippen LogP contribution >= 0.6 is 27.3 Å². The first-order valence-electron chi connectivity index (χ1n) is 10.3. The summed E-state index contributed by atoms with van der Waals surface area (Å²) in [6.45, 7) is 3.91. The van der Waals surface area contributed by atoms with E-state index in [0.717, 1.165) is 60.1 Å². The Bertz CT molecular complexity index is 1010. The number of hydrogen-bond acceptors (Lipinski definition) is 3. The molecule has 1 aliphatic heterocycles. The smallest absolute Gasteiger partial charge is 0.254 e. The number of thiophene rings is 1. The predicted octanol–water partition coefficient (Wildman–Crippen LogP) is 6.82. The number of likely N-dealkylation sites (tertiary alicyclic amines) is 1. The molecule has 29 heavy (non-hydrogen) atoms. The minimum atomic E-state index is 0.134. The Labute approximate surface area is 184 Å². The summed E-state index contributed by atoms with van der Waals surface area (Å²) in [5.41, 5.74) is 5.41. The normalized spacial score (nSPS) is 14.2. The van der Waals surface area contributed by atoms with Crippen molar-refractivity contribution >= 4 is 33.2 Å². The van der Waals surface area contributed by atoms with Gasteiger partial charge in [-0.1, -0.05) is 19.4 Å². The topological polar surface area (TPSA) is 33.2 Å². The van der Waals surface area contributed by atoms with Crippen LogP contribution in [-0.2, 0) is 6.42 Å². The Hall–Kier alpha value is -1.98. The lowest BCUT2D eigenvalue weighted by atomic mass is 10.0. The van der Waals surface area contributed by atoms with Gasteiger partial charge in [-0.2, -0.15) is 0 Å². The molecule has 1 fully saturated rings. The third kappa shape index (κ3) is 4.62. The summed E-state index contributed by atoms with van der Waals surface area (Å²) in [5, 5.41) is 2.18. The number of pyridine rings is 1. The highest BCUT2D eigenvalue weighted by atomic mass is 79.9.